The third kappa shape index (κ3) is 5.44. The number of benzene rings is 2. The van der Waals surface area contributed by atoms with Crippen molar-refractivity contribution >= 4 is 17.6 Å². The van der Waals surface area contributed by atoms with E-state index in [9.17, 15) is 9.59 Å². The number of aryl methyl sites for hydroxylation is 1. The number of rotatable bonds is 8. The number of hydrogen-bond donors (Lipinski definition) is 1. The lowest BCUT2D eigenvalue weighted by Gasteiger charge is -2.22. The number of hydrogen-bond acceptors (Lipinski definition) is 3. The molecule has 0 aliphatic carbocycles. The van der Waals surface area contributed by atoms with E-state index in [2.05, 4.69) is 19.2 Å². The second-order valence-corrected chi connectivity index (χ2v) is 7.62. The Morgan fingerprint density at radius 3 is 2.29 bits per heavy atom. The van der Waals surface area contributed by atoms with Gasteiger partial charge in [0.15, 0.2) is 6.61 Å². The Morgan fingerprint density at radius 1 is 1.00 bits per heavy atom. The topological polar surface area (TPSA) is 55.4 Å². The van der Waals surface area contributed by atoms with Crippen LogP contribution in [0, 0.1) is 12.8 Å². The molecule has 0 aliphatic heterocycles. The second-order valence-electron chi connectivity index (χ2n) is 7.62. The van der Waals surface area contributed by atoms with Crippen LogP contribution < -0.4 is 5.32 Å². The van der Waals surface area contributed by atoms with Crippen LogP contribution in [0.4, 0.5) is 5.69 Å². The molecule has 0 fully saturated rings. The molecule has 0 radical (unpaired) electrons. The Morgan fingerprint density at radius 2 is 1.68 bits per heavy atom. The first-order valence-electron chi connectivity index (χ1n) is 9.96. The first-order valence-corrected chi connectivity index (χ1v) is 9.96. The zero-order chi connectivity index (χ0) is 20.7. The maximum Gasteiger partial charge on any atom is 0.314 e. The highest BCUT2D eigenvalue weighted by Crippen LogP contribution is 2.29. The van der Waals surface area contributed by atoms with E-state index in [1.54, 1.807) is 0 Å². The number of carbonyl (C=O) groups is 2. The van der Waals surface area contributed by atoms with Crippen LogP contribution in [-0.2, 0) is 14.3 Å². The molecule has 0 bridgehead atoms. The van der Waals surface area contributed by atoms with E-state index in [1.165, 1.54) is 0 Å². The zero-order valence-electron chi connectivity index (χ0n) is 17.5. The number of esters is 1. The molecular formula is C24H31NO3. The summed E-state index contributed by atoms with van der Waals surface area (Å²) in [7, 11) is 0. The van der Waals surface area contributed by atoms with Gasteiger partial charge in [0.05, 0.1) is 5.92 Å². The molecule has 28 heavy (non-hydrogen) atoms. The number of anilines is 1. The molecule has 2 rings (SSSR count). The predicted molar refractivity (Wildman–Crippen MR) is 113 cm³/mol. The van der Waals surface area contributed by atoms with Crippen molar-refractivity contribution in [3.8, 4) is 0 Å². The normalized spacial score (nSPS) is 13.1. The molecule has 1 N–H and O–H groups in total. The molecule has 0 aliphatic rings. The highest BCUT2D eigenvalue weighted by molar-refractivity contribution is 5.94. The van der Waals surface area contributed by atoms with Gasteiger partial charge in [-0.2, -0.15) is 0 Å². The Bertz CT molecular complexity index is 799. The van der Waals surface area contributed by atoms with Crippen LogP contribution in [0.15, 0.2) is 48.5 Å². The number of nitrogens with one attached hydrogen (secondary N) is 1. The van der Waals surface area contributed by atoms with Gasteiger partial charge in [0.25, 0.3) is 5.91 Å². The van der Waals surface area contributed by atoms with Gasteiger partial charge >= 0.3 is 5.97 Å². The van der Waals surface area contributed by atoms with Crippen molar-refractivity contribution < 1.29 is 14.3 Å². The summed E-state index contributed by atoms with van der Waals surface area (Å²) in [4.78, 5) is 25.2. The number of amides is 1. The predicted octanol–water partition coefficient (Wildman–Crippen LogP) is 5.43. The van der Waals surface area contributed by atoms with E-state index in [1.807, 2.05) is 69.3 Å². The molecule has 1 amide bonds. The summed E-state index contributed by atoms with van der Waals surface area (Å²) in [6.07, 6.45) is 0.849. The zero-order valence-corrected chi connectivity index (χ0v) is 17.5. The standard InChI is InChI=1S/C24H31NO3/c1-6-17(4)22(19-12-8-7-9-13-19)24(27)28-15-21(26)25-23-18(5)11-10-14-20(23)16(2)3/h7-14,16-17,22H,6,15H2,1-5H3,(H,25,26)/t17-,22+/m0/s1. The lowest BCUT2D eigenvalue weighted by molar-refractivity contribution is -0.150. The molecule has 0 aromatic heterocycles. The molecule has 0 saturated heterocycles. The molecule has 0 saturated carbocycles. The third-order valence-corrected chi connectivity index (χ3v) is 5.16. The summed E-state index contributed by atoms with van der Waals surface area (Å²) in [6.45, 7) is 9.92. The average molecular weight is 382 g/mol. The summed E-state index contributed by atoms with van der Waals surface area (Å²) in [5.41, 5.74) is 3.79. The minimum atomic E-state index is -0.372. The average Bonchev–Trinajstić information content (AvgIpc) is 2.68. The maximum atomic E-state index is 12.7. The SMILES string of the molecule is CC[C@H](C)[C@@H](C(=O)OCC(=O)Nc1c(C)cccc1C(C)C)c1ccccc1. The van der Waals surface area contributed by atoms with Crippen LogP contribution in [0.3, 0.4) is 0 Å². The Balaban J connectivity index is 2.06. The summed E-state index contributed by atoms with van der Waals surface area (Å²) in [6, 6.07) is 15.6. The minimum absolute atomic E-state index is 0.127. The van der Waals surface area contributed by atoms with Crippen LogP contribution in [0.5, 0.6) is 0 Å². The molecule has 2 aromatic rings. The fourth-order valence-electron chi connectivity index (χ4n) is 3.34. The third-order valence-electron chi connectivity index (χ3n) is 5.16. The van der Waals surface area contributed by atoms with E-state index in [0.717, 1.165) is 28.8 Å². The summed E-state index contributed by atoms with van der Waals surface area (Å²) < 4.78 is 5.40. The van der Waals surface area contributed by atoms with Crippen LogP contribution in [0.25, 0.3) is 0 Å². The Labute approximate surface area is 168 Å². The van der Waals surface area contributed by atoms with Gasteiger partial charge in [-0.3, -0.25) is 9.59 Å². The Hall–Kier alpha value is -2.62. The van der Waals surface area contributed by atoms with Gasteiger partial charge in [-0.1, -0.05) is 82.6 Å². The lowest BCUT2D eigenvalue weighted by atomic mass is 9.86. The van der Waals surface area contributed by atoms with Crippen molar-refractivity contribution in [2.24, 2.45) is 5.92 Å². The molecule has 0 heterocycles. The van der Waals surface area contributed by atoms with Crippen molar-refractivity contribution in [1.82, 2.24) is 0 Å². The van der Waals surface area contributed by atoms with Gasteiger partial charge < -0.3 is 10.1 Å². The smallest absolute Gasteiger partial charge is 0.314 e. The van der Waals surface area contributed by atoms with E-state index in [4.69, 9.17) is 4.74 Å². The van der Waals surface area contributed by atoms with Crippen molar-refractivity contribution in [3.63, 3.8) is 0 Å². The summed E-state index contributed by atoms with van der Waals surface area (Å²) in [5.74, 6) is -0.638. The van der Waals surface area contributed by atoms with Crippen molar-refractivity contribution in [2.45, 2.75) is 52.9 Å². The first-order chi connectivity index (χ1) is 13.3. The first kappa shape index (κ1) is 21.7. The van der Waals surface area contributed by atoms with Crippen LogP contribution >= 0.6 is 0 Å². The largest absolute Gasteiger partial charge is 0.455 e. The second kappa shape index (κ2) is 10.1. The molecular weight excluding hydrogens is 350 g/mol. The van der Waals surface area contributed by atoms with Crippen molar-refractivity contribution in [3.05, 3.63) is 65.2 Å². The minimum Gasteiger partial charge on any atom is -0.455 e. The van der Waals surface area contributed by atoms with Gasteiger partial charge in [0, 0.05) is 5.69 Å². The quantitative estimate of drug-likeness (QED) is 0.620. The van der Waals surface area contributed by atoms with Gasteiger partial charge in [-0.25, -0.2) is 0 Å². The summed E-state index contributed by atoms with van der Waals surface area (Å²) in [5, 5.41) is 2.92. The van der Waals surface area contributed by atoms with Crippen molar-refractivity contribution in [2.75, 3.05) is 11.9 Å². The van der Waals surface area contributed by atoms with Crippen molar-refractivity contribution in [1.29, 1.82) is 0 Å². The van der Waals surface area contributed by atoms with Gasteiger partial charge in [0.1, 0.15) is 0 Å². The van der Waals surface area contributed by atoms with Gasteiger partial charge in [-0.15, -0.1) is 0 Å². The number of para-hydroxylation sites is 1. The fraction of sp³-hybridized carbons (Fsp3) is 0.417. The monoisotopic (exact) mass is 381 g/mol. The molecule has 0 unspecified atom stereocenters. The van der Waals surface area contributed by atoms with E-state index in [-0.39, 0.29) is 36.2 Å². The van der Waals surface area contributed by atoms with Gasteiger partial charge in [-0.05, 0) is 35.4 Å². The molecule has 150 valence electrons. The molecule has 2 atom stereocenters. The fourth-order valence-corrected chi connectivity index (χ4v) is 3.34. The highest BCUT2D eigenvalue weighted by atomic mass is 16.5. The Kier molecular flexibility index (Phi) is 7.80. The van der Waals surface area contributed by atoms with E-state index >= 15 is 0 Å². The molecule has 0 spiro atoms. The van der Waals surface area contributed by atoms with Crippen LogP contribution in [0.1, 0.15) is 62.6 Å². The van der Waals surface area contributed by atoms with Gasteiger partial charge in [0.2, 0.25) is 0 Å². The molecule has 4 heteroatoms. The number of ether oxygens (including phenoxy) is 1. The molecule has 4 nitrogen and oxygen atoms in total. The van der Waals surface area contributed by atoms with Crippen LogP contribution in [-0.4, -0.2) is 18.5 Å². The maximum absolute atomic E-state index is 12.7. The molecule has 2 aromatic carbocycles. The number of carbonyl (C=O) groups excluding carboxylic acids is 2. The van der Waals surface area contributed by atoms with E-state index < -0.39 is 0 Å². The van der Waals surface area contributed by atoms with E-state index in [0.29, 0.717) is 0 Å². The summed E-state index contributed by atoms with van der Waals surface area (Å²) >= 11 is 0. The lowest BCUT2D eigenvalue weighted by Crippen LogP contribution is -2.27. The highest BCUT2D eigenvalue weighted by Gasteiger charge is 2.28. The van der Waals surface area contributed by atoms with Crippen LogP contribution in [0.2, 0.25) is 0 Å².